The third-order valence-electron chi connectivity index (χ3n) is 2.93. The zero-order chi connectivity index (χ0) is 12.6. The maximum absolute atomic E-state index is 11.7. The maximum Gasteiger partial charge on any atom is 0.319 e. The fraction of sp³-hybridized carbons (Fsp3) is 0.333. The summed E-state index contributed by atoms with van der Waals surface area (Å²) in [5, 5.41) is 5.39. The van der Waals surface area contributed by atoms with Gasteiger partial charge in [0.25, 0.3) is 0 Å². The van der Waals surface area contributed by atoms with Gasteiger partial charge in [0.2, 0.25) is 0 Å². The molecule has 2 rings (SSSR count). The minimum absolute atomic E-state index is 0.0406. The molecule has 0 saturated heterocycles. The average Bonchev–Trinajstić information content (AvgIpc) is 2.62. The molecule has 0 bridgehead atoms. The first-order valence-corrected chi connectivity index (χ1v) is 5.41. The molecule has 0 aromatic carbocycles. The Bertz CT molecular complexity index is 514. The van der Waals surface area contributed by atoms with Crippen LogP contribution in [0, 0.1) is 0 Å². The summed E-state index contributed by atoms with van der Waals surface area (Å²) < 4.78 is 1.90. The molecule has 1 aromatic rings. The van der Waals surface area contributed by atoms with E-state index in [1.807, 2.05) is 29.9 Å². The number of nitrogens with one attached hydrogen (secondary N) is 2. The third-order valence-corrected chi connectivity index (χ3v) is 2.93. The maximum atomic E-state index is 11.7. The molecular weight excluding hydrogens is 218 g/mol. The molecule has 1 unspecified atom stereocenters. The average molecular weight is 233 g/mol. The number of carbonyl (C=O) groups is 2. The van der Waals surface area contributed by atoms with Crippen molar-refractivity contribution >= 4 is 11.8 Å². The number of Topliss-reactive ketones (excluding diaryl/α,β-unsaturated/α-hetero) is 1. The van der Waals surface area contributed by atoms with Crippen molar-refractivity contribution < 1.29 is 9.59 Å². The number of aromatic nitrogens is 1. The van der Waals surface area contributed by atoms with Gasteiger partial charge in [-0.2, -0.15) is 0 Å². The standard InChI is InChI=1S/C12H15N3O2/c1-7-10(8(2)16)11(14-12(17)13-7)9-5-4-6-15(9)3/h4-6,11H,1-3H3,(H2,13,14,17). The summed E-state index contributed by atoms with van der Waals surface area (Å²) >= 11 is 0. The van der Waals surface area contributed by atoms with Crippen LogP contribution in [0.4, 0.5) is 4.79 Å². The number of ketones is 1. The van der Waals surface area contributed by atoms with Gasteiger partial charge in [-0.05, 0) is 26.0 Å². The highest BCUT2D eigenvalue weighted by Gasteiger charge is 2.30. The van der Waals surface area contributed by atoms with Crippen molar-refractivity contribution in [1.82, 2.24) is 15.2 Å². The van der Waals surface area contributed by atoms with Gasteiger partial charge in [-0.15, -0.1) is 0 Å². The predicted molar refractivity (Wildman–Crippen MR) is 63.2 cm³/mol. The Hall–Kier alpha value is -2.04. The normalized spacial score (nSPS) is 19.9. The van der Waals surface area contributed by atoms with Gasteiger partial charge < -0.3 is 15.2 Å². The molecule has 90 valence electrons. The van der Waals surface area contributed by atoms with E-state index < -0.39 is 0 Å². The van der Waals surface area contributed by atoms with E-state index in [1.54, 1.807) is 6.92 Å². The molecule has 0 radical (unpaired) electrons. The number of nitrogens with zero attached hydrogens (tertiary/aromatic N) is 1. The van der Waals surface area contributed by atoms with Crippen LogP contribution in [0.3, 0.4) is 0 Å². The Balaban J connectivity index is 2.51. The Morgan fingerprint density at radius 2 is 2.18 bits per heavy atom. The number of carbonyl (C=O) groups excluding carboxylic acids is 2. The zero-order valence-electron chi connectivity index (χ0n) is 10.1. The van der Waals surface area contributed by atoms with Gasteiger partial charge in [-0.1, -0.05) is 0 Å². The molecule has 1 aliphatic heterocycles. The quantitative estimate of drug-likeness (QED) is 0.807. The fourth-order valence-electron chi connectivity index (χ4n) is 2.16. The van der Waals surface area contributed by atoms with E-state index in [0.29, 0.717) is 11.3 Å². The first-order chi connectivity index (χ1) is 8.00. The second-order valence-electron chi connectivity index (χ2n) is 4.17. The molecule has 0 saturated carbocycles. The van der Waals surface area contributed by atoms with E-state index >= 15 is 0 Å². The summed E-state index contributed by atoms with van der Waals surface area (Å²) in [4.78, 5) is 23.2. The van der Waals surface area contributed by atoms with E-state index in [2.05, 4.69) is 10.6 Å². The molecule has 2 N–H and O–H groups in total. The van der Waals surface area contributed by atoms with Crippen LogP contribution in [-0.4, -0.2) is 16.4 Å². The largest absolute Gasteiger partial charge is 0.352 e. The molecule has 5 nitrogen and oxygen atoms in total. The van der Waals surface area contributed by atoms with Gasteiger partial charge in [0.15, 0.2) is 5.78 Å². The lowest BCUT2D eigenvalue weighted by molar-refractivity contribution is -0.114. The molecule has 0 fully saturated rings. The van der Waals surface area contributed by atoms with Gasteiger partial charge in [-0.25, -0.2) is 4.79 Å². The smallest absolute Gasteiger partial charge is 0.319 e. The van der Waals surface area contributed by atoms with E-state index in [9.17, 15) is 9.59 Å². The van der Waals surface area contributed by atoms with Crippen molar-refractivity contribution in [2.45, 2.75) is 19.9 Å². The van der Waals surface area contributed by atoms with E-state index in [1.165, 1.54) is 6.92 Å². The van der Waals surface area contributed by atoms with E-state index in [4.69, 9.17) is 0 Å². The summed E-state index contributed by atoms with van der Waals surface area (Å²) in [5.41, 5.74) is 2.11. The molecule has 2 amide bonds. The number of aryl methyl sites for hydroxylation is 1. The summed E-state index contributed by atoms with van der Waals surface area (Å²) in [7, 11) is 1.89. The van der Waals surface area contributed by atoms with E-state index in [0.717, 1.165) is 5.69 Å². The highest BCUT2D eigenvalue weighted by Crippen LogP contribution is 2.26. The second-order valence-corrected chi connectivity index (χ2v) is 4.17. The third kappa shape index (κ3) is 1.95. The summed E-state index contributed by atoms with van der Waals surface area (Å²) in [6.07, 6.45) is 1.89. The number of hydrogen-bond acceptors (Lipinski definition) is 2. The molecular formula is C12H15N3O2. The van der Waals surface area contributed by atoms with Gasteiger partial charge in [-0.3, -0.25) is 4.79 Å². The lowest BCUT2D eigenvalue weighted by Crippen LogP contribution is -2.45. The number of amides is 2. The summed E-state index contributed by atoms with van der Waals surface area (Å²) in [6, 6.07) is 3.13. The van der Waals surface area contributed by atoms with Gasteiger partial charge in [0.05, 0.1) is 0 Å². The number of urea groups is 1. The first-order valence-electron chi connectivity index (χ1n) is 5.41. The van der Waals surface area contributed by atoms with Crippen molar-refractivity contribution in [3.63, 3.8) is 0 Å². The minimum atomic E-state index is -0.374. The molecule has 1 aliphatic rings. The van der Waals surface area contributed by atoms with Crippen LogP contribution in [0.5, 0.6) is 0 Å². The van der Waals surface area contributed by atoms with E-state index in [-0.39, 0.29) is 17.9 Å². The van der Waals surface area contributed by atoms with Gasteiger partial charge in [0, 0.05) is 30.2 Å². The predicted octanol–water partition coefficient (Wildman–Crippen LogP) is 1.24. The van der Waals surface area contributed by atoms with Crippen molar-refractivity contribution in [2.24, 2.45) is 7.05 Å². The second kappa shape index (κ2) is 4.08. The number of hydrogen-bond donors (Lipinski definition) is 2. The minimum Gasteiger partial charge on any atom is -0.352 e. The highest BCUT2D eigenvalue weighted by atomic mass is 16.2. The van der Waals surface area contributed by atoms with Crippen LogP contribution in [-0.2, 0) is 11.8 Å². The van der Waals surface area contributed by atoms with Crippen molar-refractivity contribution in [2.75, 3.05) is 0 Å². The number of allylic oxidation sites excluding steroid dienone is 1. The van der Waals surface area contributed by atoms with Crippen LogP contribution in [0.15, 0.2) is 29.6 Å². The lowest BCUT2D eigenvalue weighted by atomic mass is 9.97. The Kier molecular flexibility index (Phi) is 2.75. The highest BCUT2D eigenvalue weighted by molar-refractivity contribution is 5.98. The lowest BCUT2D eigenvalue weighted by Gasteiger charge is -2.28. The monoisotopic (exact) mass is 233 g/mol. The Labute approximate surface area is 99.5 Å². The summed E-state index contributed by atoms with van der Waals surface area (Å²) in [6.45, 7) is 3.25. The van der Waals surface area contributed by atoms with Crippen LogP contribution in [0.1, 0.15) is 25.6 Å². The SMILES string of the molecule is CC(=O)C1=C(C)NC(=O)NC1c1cccn1C. The van der Waals surface area contributed by atoms with Crippen LogP contribution >= 0.6 is 0 Å². The van der Waals surface area contributed by atoms with Crippen molar-refractivity contribution in [3.8, 4) is 0 Å². The topological polar surface area (TPSA) is 63.1 Å². The first kappa shape index (κ1) is 11.4. The van der Waals surface area contributed by atoms with Crippen molar-refractivity contribution in [3.05, 3.63) is 35.3 Å². The van der Waals surface area contributed by atoms with Crippen LogP contribution in [0.25, 0.3) is 0 Å². The fourth-order valence-corrected chi connectivity index (χ4v) is 2.16. The molecule has 2 heterocycles. The Morgan fingerprint density at radius 3 is 2.71 bits per heavy atom. The Morgan fingerprint density at radius 1 is 1.47 bits per heavy atom. The van der Waals surface area contributed by atoms with Gasteiger partial charge in [0.1, 0.15) is 6.04 Å². The molecule has 5 heteroatoms. The molecule has 17 heavy (non-hydrogen) atoms. The van der Waals surface area contributed by atoms with Crippen molar-refractivity contribution in [1.29, 1.82) is 0 Å². The van der Waals surface area contributed by atoms with Crippen LogP contribution < -0.4 is 10.6 Å². The summed E-state index contributed by atoms with van der Waals surface area (Å²) in [5.74, 6) is -0.0406. The molecule has 0 spiro atoms. The zero-order valence-corrected chi connectivity index (χ0v) is 10.1. The molecule has 0 aliphatic carbocycles. The molecule has 1 atom stereocenters. The van der Waals surface area contributed by atoms with Gasteiger partial charge >= 0.3 is 6.03 Å². The number of rotatable bonds is 2. The van der Waals surface area contributed by atoms with Crippen LogP contribution in [0.2, 0.25) is 0 Å². The molecule has 1 aromatic heterocycles.